The first kappa shape index (κ1) is 25.3. The van der Waals surface area contributed by atoms with Crippen LogP contribution in [0.5, 0.6) is 11.5 Å². The lowest BCUT2D eigenvalue weighted by atomic mass is 9.96. The van der Waals surface area contributed by atoms with E-state index in [2.05, 4.69) is 34.6 Å². The topological polar surface area (TPSA) is 66.5 Å². The summed E-state index contributed by atoms with van der Waals surface area (Å²) in [5, 5.41) is 1.44. The molecule has 1 aromatic heterocycles. The number of aromatic nitrogens is 1. The molecule has 0 atom stereocenters. The summed E-state index contributed by atoms with van der Waals surface area (Å²) in [6.07, 6.45) is 4.08. The first-order chi connectivity index (χ1) is 13.3. The lowest BCUT2D eigenvalue weighted by Crippen LogP contribution is -2.31. The SMILES string of the molecule is CCCCOc1ccc2c(=O)n(CC(C)(C)C)c(CN)c(OCCCC)c2c1.Cl. The van der Waals surface area contributed by atoms with Gasteiger partial charge in [-0.15, -0.1) is 12.4 Å². The average molecular weight is 425 g/mol. The molecule has 0 aliphatic heterocycles. The van der Waals surface area contributed by atoms with E-state index >= 15 is 0 Å². The van der Waals surface area contributed by atoms with Crippen molar-refractivity contribution < 1.29 is 9.47 Å². The first-order valence-electron chi connectivity index (χ1n) is 10.5. The minimum Gasteiger partial charge on any atom is -0.494 e. The maximum absolute atomic E-state index is 13.3. The fourth-order valence-electron chi connectivity index (χ4n) is 3.19. The van der Waals surface area contributed by atoms with Crippen molar-refractivity contribution in [1.29, 1.82) is 0 Å². The summed E-state index contributed by atoms with van der Waals surface area (Å²) in [6.45, 7) is 12.7. The van der Waals surface area contributed by atoms with Crippen LogP contribution in [0.2, 0.25) is 0 Å². The van der Waals surface area contributed by atoms with Crippen LogP contribution in [0, 0.1) is 5.41 Å². The highest BCUT2D eigenvalue weighted by Crippen LogP contribution is 2.32. The first-order valence-corrected chi connectivity index (χ1v) is 10.5. The third-order valence-electron chi connectivity index (χ3n) is 4.64. The Labute approximate surface area is 181 Å². The number of fused-ring (bicyclic) bond motifs is 1. The van der Waals surface area contributed by atoms with E-state index in [-0.39, 0.29) is 29.9 Å². The zero-order valence-electron chi connectivity index (χ0n) is 18.5. The zero-order chi connectivity index (χ0) is 20.7. The van der Waals surface area contributed by atoms with Gasteiger partial charge in [0.2, 0.25) is 0 Å². The van der Waals surface area contributed by atoms with E-state index in [1.807, 2.05) is 18.2 Å². The third-order valence-corrected chi connectivity index (χ3v) is 4.64. The van der Waals surface area contributed by atoms with Crippen LogP contribution in [-0.4, -0.2) is 17.8 Å². The highest BCUT2D eigenvalue weighted by atomic mass is 35.5. The van der Waals surface area contributed by atoms with E-state index in [4.69, 9.17) is 15.2 Å². The summed E-state index contributed by atoms with van der Waals surface area (Å²) in [5.74, 6) is 1.48. The standard InChI is InChI=1S/C23H36N2O3.ClH/c1-6-8-12-27-17-10-11-18-19(14-17)21(28-13-9-7-2)20(15-24)25(22(18)26)16-23(3,4)5;/h10-11,14H,6-9,12-13,15-16,24H2,1-5H3;1H. The molecule has 2 aromatic rings. The molecule has 1 heterocycles. The molecular formula is C23H37ClN2O3. The number of pyridine rings is 1. The van der Waals surface area contributed by atoms with Gasteiger partial charge in [0, 0.05) is 18.5 Å². The zero-order valence-corrected chi connectivity index (χ0v) is 19.4. The van der Waals surface area contributed by atoms with Gasteiger partial charge in [0.05, 0.1) is 24.3 Å². The van der Waals surface area contributed by atoms with Gasteiger partial charge in [-0.3, -0.25) is 4.79 Å². The van der Waals surface area contributed by atoms with Gasteiger partial charge in [0.1, 0.15) is 11.5 Å². The predicted molar refractivity (Wildman–Crippen MR) is 124 cm³/mol. The average Bonchev–Trinajstić information content (AvgIpc) is 2.64. The van der Waals surface area contributed by atoms with Crippen LogP contribution in [0.4, 0.5) is 0 Å². The second-order valence-electron chi connectivity index (χ2n) is 8.54. The molecule has 0 fully saturated rings. The van der Waals surface area contributed by atoms with Crippen molar-refractivity contribution in [2.24, 2.45) is 11.1 Å². The largest absolute Gasteiger partial charge is 0.494 e. The van der Waals surface area contributed by atoms with Gasteiger partial charge in [-0.05, 0) is 36.5 Å². The normalized spacial score (nSPS) is 11.4. The number of benzene rings is 1. The van der Waals surface area contributed by atoms with E-state index < -0.39 is 0 Å². The molecular weight excluding hydrogens is 388 g/mol. The summed E-state index contributed by atoms with van der Waals surface area (Å²) in [6, 6.07) is 5.65. The Morgan fingerprint density at radius 3 is 2.17 bits per heavy atom. The lowest BCUT2D eigenvalue weighted by Gasteiger charge is -2.25. The molecule has 6 heteroatoms. The van der Waals surface area contributed by atoms with Gasteiger partial charge in [-0.25, -0.2) is 0 Å². The van der Waals surface area contributed by atoms with Gasteiger partial charge >= 0.3 is 0 Å². The molecule has 0 aliphatic rings. The molecule has 0 saturated heterocycles. The van der Waals surface area contributed by atoms with Gasteiger partial charge in [0.15, 0.2) is 0 Å². The number of hydrogen-bond acceptors (Lipinski definition) is 4. The van der Waals surface area contributed by atoms with Gasteiger partial charge in [0.25, 0.3) is 5.56 Å². The molecule has 0 amide bonds. The van der Waals surface area contributed by atoms with Crippen molar-refractivity contribution >= 4 is 23.2 Å². The predicted octanol–water partition coefficient (Wildman–Crippen LogP) is 5.29. The minimum absolute atomic E-state index is 0. The summed E-state index contributed by atoms with van der Waals surface area (Å²) in [5.41, 5.74) is 6.79. The second-order valence-corrected chi connectivity index (χ2v) is 8.54. The van der Waals surface area contributed by atoms with Crippen LogP contribution in [0.25, 0.3) is 10.8 Å². The molecule has 2 rings (SSSR count). The van der Waals surface area contributed by atoms with Crippen LogP contribution in [0.3, 0.4) is 0 Å². The molecule has 0 aliphatic carbocycles. The smallest absolute Gasteiger partial charge is 0.258 e. The highest BCUT2D eigenvalue weighted by Gasteiger charge is 2.21. The molecule has 0 spiro atoms. The quantitative estimate of drug-likeness (QED) is 0.526. The Kier molecular flexibility index (Phi) is 10.0. The Morgan fingerprint density at radius 1 is 1.00 bits per heavy atom. The maximum atomic E-state index is 13.3. The third kappa shape index (κ3) is 6.65. The van der Waals surface area contributed by atoms with Crippen LogP contribution in [-0.2, 0) is 13.1 Å². The fourth-order valence-corrected chi connectivity index (χ4v) is 3.19. The second kappa shape index (κ2) is 11.5. The number of halogens is 1. The van der Waals surface area contributed by atoms with Crippen molar-refractivity contribution in [3.05, 3.63) is 34.2 Å². The fraction of sp³-hybridized carbons (Fsp3) is 0.609. The molecule has 0 radical (unpaired) electrons. The van der Waals surface area contributed by atoms with E-state index in [1.165, 1.54) is 0 Å². The van der Waals surface area contributed by atoms with Gasteiger partial charge in [-0.2, -0.15) is 0 Å². The van der Waals surface area contributed by atoms with Crippen molar-refractivity contribution in [2.75, 3.05) is 13.2 Å². The van der Waals surface area contributed by atoms with E-state index in [0.29, 0.717) is 25.1 Å². The molecule has 0 unspecified atom stereocenters. The van der Waals surface area contributed by atoms with Crippen molar-refractivity contribution in [1.82, 2.24) is 4.57 Å². The number of hydrogen-bond donors (Lipinski definition) is 1. The Morgan fingerprint density at radius 2 is 1.62 bits per heavy atom. The molecule has 0 saturated carbocycles. The molecule has 5 nitrogen and oxygen atoms in total. The molecule has 1 aromatic carbocycles. The van der Waals surface area contributed by atoms with Gasteiger partial charge < -0.3 is 19.8 Å². The molecule has 29 heavy (non-hydrogen) atoms. The number of unbranched alkanes of at least 4 members (excludes halogenated alkanes) is 2. The summed E-state index contributed by atoms with van der Waals surface area (Å²) >= 11 is 0. The van der Waals surface area contributed by atoms with Gasteiger partial charge in [-0.1, -0.05) is 47.5 Å². The summed E-state index contributed by atoms with van der Waals surface area (Å²) in [7, 11) is 0. The molecule has 0 bridgehead atoms. The lowest BCUT2D eigenvalue weighted by molar-refractivity contribution is 0.294. The van der Waals surface area contributed by atoms with E-state index in [1.54, 1.807) is 4.57 Å². The Bertz CT molecular complexity index is 841. The van der Waals surface area contributed by atoms with E-state index in [0.717, 1.165) is 48.3 Å². The van der Waals surface area contributed by atoms with Crippen LogP contribution < -0.4 is 20.8 Å². The maximum Gasteiger partial charge on any atom is 0.258 e. The Balaban J connectivity index is 0.00000420. The molecule has 164 valence electrons. The molecule has 2 N–H and O–H groups in total. The highest BCUT2D eigenvalue weighted by molar-refractivity contribution is 5.89. The van der Waals surface area contributed by atoms with Crippen molar-refractivity contribution in [3.63, 3.8) is 0 Å². The van der Waals surface area contributed by atoms with Crippen molar-refractivity contribution in [3.8, 4) is 11.5 Å². The minimum atomic E-state index is -0.0503. The Hall–Kier alpha value is -1.72. The summed E-state index contributed by atoms with van der Waals surface area (Å²) in [4.78, 5) is 13.3. The van der Waals surface area contributed by atoms with Crippen LogP contribution in [0.15, 0.2) is 23.0 Å². The van der Waals surface area contributed by atoms with Crippen molar-refractivity contribution in [2.45, 2.75) is 73.4 Å². The summed E-state index contributed by atoms with van der Waals surface area (Å²) < 4.78 is 13.8. The van der Waals surface area contributed by atoms with Crippen LogP contribution in [0.1, 0.15) is 66.0 Å². The van der Waals surface area contributed by atoms with Crippen LogP contribution >= 0.6 is 12.4 Å². The number of rotatable bonds is 10. The van der Waals surface area contributed by atoms with E-state index in [9.17, 15) is 4.79 Å². The number of ether oxygens (including phenoxy) is 2. The number of nitrogens with zero attached hydrogens (tertiary/aromatic N) is 1. The monoisotopic (exact) mass is 424 g/mol. The number of nitrogens with two attached hydrogens (primary N) is 1.